The van der Waals surface area contributed by atoms with Gasteiger partial charge in [-0.15, -0.1) is 0 Å². The van der Waals surface area contributed by atoms with Crippen molar-refractivity contribution in [3.63, 3.8) is 0 Å². The van der Waals surface area contributed by atoms with Crippen molar-refractivity contribution in [1.82, 2.24) is 15.3 Å². The van der Waals surface area contributed by atoms with Gasteiger partial charge in [-0.2, -0.15) is 0 Å². The predicted molar refractivity (Wildman–Crippen MR) is 109 cm³/mol. The molecule has 1 amide bonds. The summed E-state index contributed by atoms with van der Waals surface area (Å²) in [6, 6.07) is 5.92. The fourth-order valence-corrected chi connectivity index (χ4v) is 4.26. The number of hydrogen-bond donors (Lipinski definition) is 3. The van der Waals surface area contributed by atoms with E-state index in [1.807, 2.05) is 25.3 Å². The van der Waals surface area contributed by atoms with Crippen LogP contribution in [0.2, 0.25) is 0 Å². The smallest absolute Gasteiger partial charge is 0.270 e. The number of aliphatic hydroxyl groups is 1. The molecular weight excluding hydrogens is 352 g/mol. The Bertz CT molecular complexity index is 868. The average Bonchev–Trinajstić information content (AvgIpc) is 3.16. The Morgan fingerprint density at radius 3 is 2.96 bits per heavy atom. The molecule has 2 aromatic heterocycles. The molecule has 3 N–H and O–H groups in total. The van der Waals surface area contributed by atoms with Crippen molar-refractivity contribution < 1.29 is 9.90 Å². The standard InChI is InChI=1S/C22H28N4O2/c1-14-12-15(8-10-23-14)6-7-16-13-19(25-21-17(16)9-11-24-21)22(28)26-18-4-2-3-5-20(18)27/h8,10,12-13,18,20,27H,2-7,9,11H2,1H3,(H,24,25)(H,26,28)/t18-,20-/m0/s1. The maximum atomic E-state index is 12.8. The van der Waals surface area contributed by atoms with Gasteiger partial charge in [-0.3, -0.25) is 9.78 Å². The van der Waals surface area contributed by atoms with Crippen LogP contribution in [0.25, 0.3) is 0 Å². The van der Waals surface area contributed by atoms with Crippen molar-refractivity contribution in [3.8, 4) is 0 Å². The Balaban J connectivity index is 1.52. The van der Waals surface area contributed by atoms with Gasteiger partial charge >= 0.3 is 0 Å². The number of rotatable bonds is 5. The van der Waals surface area contributed by atoms with Gasteiger partial charge in [-0.05, 0) is 73.9 Å². The van der Waals surface area contributed by atoms with E-state index >= 15 is 0 Å². The van der Waals surface area contributed by atoms with Crippen LogP contribution in [0.3, 0.4) is 0 Å². The largest absolute Gasteiger partial charge is 0.391 e. The van der Waals surface area contributed by atoms with Gasteiger partial charge in [0.15, 0.2) is 0 Å². The normalized spacial score (nSPS) is 21.1. The molecule has 2 aromatic rings. The molecule has 0 aromatic carbocycles. The Kier molecular flexibility index (Phi) is 5.57. The van der Waals surface area contributed by atoms with E-state index in [1.54, 1.807) is 0 Å². The number of amides is 1. The van der Waals surface area contributed by atoms with Gasteiger partial charge in [0.25, 0.3) is 5.91 Å². The molecule has 2 aliphatic rings. The van der Waals surface area contributed by atoms with Crippen LogP contribution in [0.15, 0.2) is 24.4 Å². The van der Waals surface area contributed by atoms with Gasteiger partial charge in [-0.25, -0.2) is 4.98 Å². The van der Waals surface area contributed by atoms with Crippen molar-refractivity contribution in [2.75, 3.05) is 11.9 Å². The predicted octanol–water partition coefficient (Wildman–Crippen LogP) is 2.57. The minimum absolute atomic E-state index is 0.174. The molecule has 4 rings (SSSR count). The number of fused-ring (bicyclic) bond motifs is 1. The molecular formula is C22H28N4O2. The van der Waals surface area contributed by atoms with Crippen LogP contribution in [-0.4, -0.2) is 39.7 Å². The molecule has 0 bridgehead atoms. The van der Waals surface area contributed by atoms with E-state index in [1.165, 1.54) is 16.7 Å². The first kappa shape index (κ1) is 18.9. The Morgan fingerprint density at radius 2 is 2.14 bits per heavy atom. The second-order valence-corrected chi connectivity index (χ2v) is 7.91. The van der Waals surface area contributed by atoms with E-state index in [-0.39, 0.29) is 11.9 Å². The van der Waals surface area contributed by atoms with Crippen molar-refractivity contribution in [1.29, 1.82) is 0 Å². The number of nitrogens with one attached hydrogen (secondary N) is 2. The fourth-order valence-electron chi connectivity index (χ4n) is 4.26. The first-order valence-electron chi connectivity index (χ1n) is 10.3. The number of carbonyl (C=O) groups is 1. The average molecular weight is 380 g/mol. The highest BCUT2D eigenvalue weighted by Crippen LogP contribution is 2.26. The van der Waals surface area contributed by atoms with Crippen molar-refractivity contribution in [3.05, 3.63) is 52.5 Å². The number of carbonyl (C=O) groups excluding carboxylic acids is 1. The summed E-state index contributed by atoms with van der Waals surface area (Å²) in [4.78, 5) is 21.6. The van der Waals surface area contributed by atoms with Gasteiger partial charge in [0.2, 0.25) is 0 Å². The first-order valence-corrected chi connectivity index (χ1v) is 10.3. The summed E-state index contributed by atoms with van der Waals surface area (Å²) >= 11 is 0. The van der Waals surface area contributed by atoms with Gasteiger partial charge < -0.3 is 15.7 Å². The Hall–Kier alpha value is -2.47. The molecule has 1 saturated carbocycles. The zero-order chi connectivity index (χ0) is 19.5. The Labute approximate surface area is 165 Å². The number of anilines is 1. The molecule has 28 heavy (non-hydrogen) atoms. The topological polar surface area (TPSA) is 87.1 Å². The zero-order valence-corrected chi connectivity index (χ0v) is 16.4. The van der Waals surface area contributed by atoms with Gasteiger partial charge in [0.05, 0.1) is 12.1 Å². The van der Waals surface area contributed by atoms with Crippen molar-refractivity contribution >= 4 is 11.7 Å². The summed E-state index contributed by atoms with van der Waals surface area (Å²) < 4.78 is 0. The van der Waals surface area contributed by atoms with Crippen LogP contribution in [0.5, 0.6) is 0 Å². The second kappa shape index (κ2) is 8.27. The number of aryl methyl sites for hydroxylation is 3. The SMILES string of the molecule is Cc1cc(CCc2cc(C(=O)N[C@H]3CCCC[C@@H]3O)nc3c2CCN3)ccn1. The van der Waals surface area contributed by atoms with Crippen LogP contribution >= 0.6 is 0 Å². The fraction of sp³-hybridized carbons (Fsp3) is 0.500. The van der Waals surface area contributed by atoms with Crippen LogP contribution in [0.1, 0.15) is 58.6 Å². The summed E-state index contributed by atoms with van der Waals surface area (Å²) in [6.07, 6.45) is 7.73. The number of nitrogens with zero attached hydrogens (tertiary/aromatic N) is 2. The lowest BCUT2D eigenvalue weighted by Gasteiger charge is -2.28. The van der Waals surface area contributed by atoms with E-state index in [0.717, 1.165) is 63.0 Å². The molecule has 6 heteroatoms. The van der Waals surface area contributed by atoms with E-state index in [0.29, 0.717) is 5.69 Å². The van der Waals surface area contributed by atoms with E-state index in [4.69, 9.17) is 0 Å². The first-order chi connectivity index (χ1) is 13.6. The molecule has 6 nitrogen and oxygen atoms in total. The Morgan fingerprint density at radius 1 is 1.29 bits per heavy atom. The molecule has 148 valence electrons. The summed E-state index contributed by atoms with van der Waals surface area (Å²) in [5.41, 5.74) is 5.11. The lowest BCUT2D eigenvalue weighted by Crippen LogP contribution is -2.45. The molecule has 0 saturated heterocycles. The highest BCUT2D eigenvalue weighted by Gasteiger charge is 2.26. The van der Waals surface area contributed by atoms with Crippen LogP contribution in [0.4, 0.5) is 5.82 Å². The van der Waals surface area contributed by atoms with Crippen molar-refractivity contribution in [2.24, 2.45) is 0 Å². The van der Waals surface area contributed by atoms with E-state index in [9.17, 15) is 9.90 Å². The summed E-state index contributed by atoms with van der Waals surface area (Å²) in [5.74, 6) is 0.640. The monoisotopic (exact) mass is 380 g/mol. The van der Waals surface area contributed by atoms with Crippen LogP contribution in [-0.2, 0) is 19.3 Å². The lowest BCUT2D eigenvalue weighted by atomic mass is 9.92. The molecule has 2 atom stereocenters. The number of aromatic nitrogens is 2. The highest BCUT2D eigenvalue weighted by molar-refractivity contribution is 5.93. The maximum Gasteiger partial charge on any atom is 0.270 e. The minimum atomic E-state index is -0.459. The van der Waals surface area contributed by atoms with Crippen LogP contribution in [0, 0.1) is 6.92 Å². The van der Waals surface area contributed by atoms with Gasteiger partial charge in [0, 0.05) is 18.4 Å². The third-order valence-corrected chi connectivity index (χ3v) is 5.81. The van der Waals surface area contributed by atoms with E-state index in [2.05, 4.69) is 26.7 Å². The van der Waals surface area contributed by atoms with Crippen LogP contribution < -0.4 is 10.6 Å². The summed E-state index contributed by atoms with van der Waals surface area (Å²) in [7, 11) is 0. The van der Waals surface area contributed by atoms with Crippen molar-refractivity contribution in [2.45, 2.75) is 64.0 Å². The molecule has 0 spiro atoms. The molecule has 3 heterocycles. The van der Waals surface area contributed by atoms with E-state index < -0.39 is 6.10 Å². The summed E-state index contributed by atoms with van der Waals surface area (Å²) in [6.45, 7) is 2.86. The van der Waals surface area contributed by atoms with Gasteiger partial charge in [0.1, 0.15) is 11.5 Å². The number of pyridine rings is 2. The molecule has 1 fully saturated rings. The lowest BCUT2D eigenvalue weighted by molar-refractivity contribution is 0.0714. The second-order valence-electron chi connectivity index (χ2n) is 7.91. The zero-order valence-electron chi connectivity index (χ0n) is 16.4. The quantitative estimate of drug-likeness (QED) is 0.742. The minimum Gasteiger partial charge on any atom is -0.391 e. The maximum absolute atomic E-state index is 12.8. The van der Waals surface area contributed by atoms with Gasteiger partial charge in [-0.1, -0.05) is 12.8 Å². The highest BCUT2D eigenvalue weighted by atomic mass is 16.3. The summed E-state index contributed by atoms with van der Waals surface area (Å²) in [5, 5.41) is 16.5. The molecule has 1 aliphatic carbocycles. The molecule has 0 radical (unpaired) electrons. The third-order valence-electron chi connectivity index (χ3n) is 5.81. The third kappa shape index (κ3) is 4.17. The molecule has 1 aliphatic heterocycles. The number of hydrogen-bond acceptors (Lipinski definition) is 5. The molecule has 0 unspecified atom stereocenters. The number of aliphatic hydroxyl groups excluding tert-OH is 1.